The lowest BCUT2D eigenvalue weighted by molar-refractivity contribution is -0.151. The Labute approximate surface area is 122 Å². The van der Waals surface area contributed by atoms with E-state index in [1.807, 2.05) is 6.07 Å². The Kier molecular flexibility index (Phi) is 4.57. The van der Waals surface area contributed by atoms with Crippen molar-refractivity contribution in [3.05, 3.63) is 19.9 Å². The van der Waals surface area contributed by atoms with E-state index in [0.717, 1.165) is 2.88 Å². The lowest BCUT2D eigenvalue weighted by atomic mass is 10.2. The van der Waals surface area contributed by atoms with Crippen molar-refractivity contribution in [2.75, 3.05) is 26.9 Å². The third-order valence-corrected chi connectivity index (χ3v) is 4.47. The molecule has 0 N–H and O–H groups in total. The van der Waals surface area contributed by atoms with Crippen LogP contribution in [0.5, 0.6) is 0 Å². The molecule has 1 aliphatic rings. The second-order valence-corrected chi connectivity index (χ2v) is 6.56. The Balaban J connectivity index is 2.18. The summed E-state index contributed by atoms with van der Waals surface area (Å²) >= 11 is 3.67. The summed E-state index contributed by atoms with van der Waals surface area (Å²) in [6.07, 6.45) is 0. The first-order chi connectivity index (χ1) is 8.63. The van der Waals surface area contributed by atoms with Crippen LogP contribution in [-0.4, -0.2) is 49.7 Å². The molecule has 2 heterocycles. The van der Waals surface area contributed by atoms with Crippen LogP contribution in [0, 0.1) is 2.88 Å². The predicted molar refractivity (Wildman–Crippen MR) is 74.7 cm³/mol. The molecule has 0 radical (unpaired) electrons. The van der Waals surface area contributed by atoms with E-state index in [9.17, 15) is 9.59 Å². The van der Waals surface area contributed by atoms with Crippen molar-refractivity contribution < 1.29 is 19.1 Å². The van der Waals surface area contributed by atoms with Crippen molar-refractivity contribution in [2.45, 2.75) is 6.04 Å². The molecule has 0 bridgehead atoms. The van der Waals surface area contributed by atoms with Crippen molar-refractivity contribution in [1.82, 2.24) is 4.90 Å². The molecule has 1 saturated heterocycles. The van der Waals surface area contributed by atoms with Crippen LogP contribution < -0.4 is 0 Å². The van der Waals surface area contributed by atoms with E-state index in [-0.39, 0.29) is 12.5 Å². The van der Waals surface area contributed by atoms with Gasteiger partial charge in [-0.25, -0.2) is 4.79 Å². The minimum absolute atomic E-state index is 0.145. The molecule has 1 amide bonds. The number of hydrogen-bond donors (Lipinski definition) is 0. The smallest absolute Gasteiger partial charge is 0.331 e. The van der Waals surface area contributed by atoms with Gasteiger partial charge in [0.2, 0.25) is 0 Å². The molecule has 0 saturated carbocycles. The number of rotatable bonds is 2. The van der Waals surface area contributed by atoms with Gasteiger partial charge in [-0.2, -0.15) is 0 Å². The van der Waals surface area contributed by atoms with Crippen LogP contribution in [-0.2, 0) is 14.3 Å². The average molecular weight is 381 g/mol. The molecule has 2 rings (SSSR count). The van der Waals surface area contributed by atoms with Gasteiger partial charge in [-0.1, -0.05) is 0 Å². The Morgan fingerprint density at radius 3 is 3.00 bits per heavy atom. The van der Waals surface area contributed by atoms with Gasteiger partial charge in [0.25, 0.3) is 5.91 Å². The van der Waals surface area contributed by atoms with Crippen molar-refractivity contribution in [1.29, 1.82) is 0 Å². The Morgan fingerprint density at radius 1 is 1.61 bits per heavy atom. The van der Waals surface area contributed by atoms with Crippen LogP contribution in [0.15, 0.2) is 11.4 Å². The van der Waals surface area contributed by atoms with Gasteiger partial charge in [0.15, 0.2) is 6.04 Å². The number of esters is 1. The highest BCUT2D eigenvalue weighted by molar-refractivity contribution is 14.1. The minimum Gasteiger partial charge on any atom is -0.467 e. The standard InChI is InChI=1S/C11H12INO4S/c1-16-11(15)8-5-17-3-2-13(8)10(14)7-4-9(12)18-6-7/h4,6,8H,2-3,5H2,1H3. The second-order valence-electron chi connectivity index (χ2n) is 3.75. The van der Waals surface area contributed by atoms with Gasteiger partial charge < -0.3 is 14.4 Å². The predicted octanol–water partition coefficient (Wildman–Crippen LogP) is 1.37. The summed E-state index contributed by atoms with van der Waals surface area (Å²) in [7, 11) is 1.31. The number of morpholine rings is 1. The van der Waals surface area contributed by atoms with Gasteiger partial charge in [-0.3, -0.25) is 4.79 Å². The van der Waals surface area contributed by atoms with Crippen molar-refractivity contribution in [3.8, 4) is 0 Å². The summed E-state index contributed by atoms with van der Waals surface area (Å²) in [5.74, 6) is -0.583. The molecule has 1 aliphatic heterocycles. The molecule has 1 aromatic heterocycles. The van der Waals surface area contributed by atoms with Gasteiger partial charge in [-0.15, -0.1) is 11.3 Å². The maximum absolute atomic E-state index is 12.3. The molecule has 5 nitrogen and oxygen atoms in total. The monoisotopic (exact) mass is 381 g/mol. The molecular formula is C11H12INO4S. The van der Waals surface area contributed by atoms with Crippen LogP contribution >= 0.6 is 33.9 Å². The van der Waals surface area contributed by atoms with Gasteiger partial charge in [0, 0.05) is 11.9 Å². The number of ether oxygens (including phenoxy) is 2. The maximum Gasteiger partial charge on any atom is 0.331 e. The van der Waals surface area contributed by atoms with Crippen molar-refractivity contribution >= 4 is 45.8 Å². The van der Waals surface area contributed by atoms with Crippen molar-refractivity contribution in [3.63, 3.8) is 0 Å². The lowest BCUT2D eigenvalue weighted by Crippen LogP contribution is -2.52. The fourth-order valence-electron chi connectivity index (χ4n) is 1.77. The van der Waals surface area contributed by atoms with Crippen LogP contribution in [0.3, 0.4) is 0 Å². The summed E-state index contributed by atoms with van der Waals surface area (Å²) in [6.45, 7) is 1.05. The minimum atomic E-state index is -0.645. The zero-order chi connectivity index (χ0) is 13.1. The second kappa shape index (κ2) is 5.98. The Bertz CT molecular complexity index is 462. The first-order valence-corrected chi connectivity index (χ1v) is 7.30. The Morgan fingerprint density at radius 2 is 2.39 bits per heavy atom. The van der Waals surface area contributed by atoms with Crippen LogP contribution in [0.25, 0.3) is 0 Å². The highest BCUT2D eigenvalue weighted by Gasteiger charge is 2.34. The van der Waals surface area contributed by atoms with E-state index >= 15 is 0 Å². The normalized spacial score (nSPS) is 19.7. The molecule has 1 atom stereocenters. The lowest BCUT2D eigenvalue weighted by Gasteiger charge is -2.33. The van der Waals surface area contributed by atoms with E-state index < -0.39 is 12.0 Å². The highest BCUT2D eigenvalue weighted by Crippen LogP contribution is 2.20. The molecule has 1 aromatic rings. The van der Waals surface area contributed by atoms with Gasteiger partial charge >= 0.3 is 5.97 Å². The number of nitrogens with zero attached hydrogens (tertiary/aromatic N) is 1. The molecule has 18 heavy (non-hydrogen) atoms. The zero-order valence-corrected chi connectivity index (χ0v) is 12.7. The van der Waals surface area contributed by atoms with E-state index in [4.69, 9.17) is 9.47 Å². The van der Waals surface area contributed by atoms with Crippen LogP contribution in [0.1, 0.15) is 10.4 Å². The first-order valence-electron chi connectivity index (χ1n) is 5.34. The zero-order valence-electron chi connectivity index (χ0n) is 9.72. The summed E-state index contributed by atoms with van der Waals surface area (Å²) in [6, 6.07) is 1.17. The number of carbonyl (C=O) groups is 2. The third kappa shape index (κ3) is 2.83. The summed E-state index contributed by atoms with van der Waals surface area (Å²) in [5.41, 5.74) is 0.611. The summed E-state index contributed by atoms with van der Waals surface area (Å²) in [4.78, 5) is 25.5. The number of amides is 1. The molecule has 0 aliphatic carbocycles. The molecule has 7 heteroatoms. The number of halogens is 1. The number of thiophene rings is 1. The molecular weight excluding hydrogens is 369 g/mol. The summed E-state index contributed by atoms with van der Waals surface area (Å²) < 4.78 is 11.0. The molecule has 1 fully saturated rings. The number of methoxy groups -OCH3 is 1. The number of hydrogen-bond acceptors (Lipinski definition) is 5. The maximum atomic E-state index is 12.3. The highest BCUT2D eigenvalue weighted by atomic mass is 127. The van der Waals surface area contributed by atoms with Crippen LogP contribution in [0.2, 0.25) is 0 Å². The van der Waals surface area contributed by atoms with E-state index in [1.54, 1.807) is 5.38 Å². The van der Waals surface area contributed by atoms with Gasteiger partial charge in [0.05, 0.1) is 28.8 Å². The van der Waals surface area contributed by atoms with E-state index in [2.05, 4.69) is 22.6 Å². The quantitative estimate of drug-likeness (QED) is 0.574. The largest absolute Gasteiger partial charge is 0.467 e. The topological polar surface area (TPSA) is 55.8 Å². The fraction of sp³-hybridized carbons (Fsp3) is 0.455. The van der Waals surface area contributed by atoms with Gasteiger partial charge in [0.1, 0.15) is 0 Å². The van der Waals surface area contributed by atoms with E-state index in [1.165, 1.54) is 23.3 Å². The summed E-state index contributed by atoms with van der Waals surface area (Å²) in [5, 5.41) is 1.80. The molecule has 98 valence electrons. The average Bonchev–Trinajstić information content (AvgIpc) is 2.83. The Hall–Kier alpha value is -0.670. The van der Waals surface area contributed by atoms with Crippen molar-refractivity contribution in [2.24, 2.45) is 0 Å². The molecule has 0 spiro atoms. The molecule has 1 unspecified atom stereocenters. The third-order valence-electron chi connectivity index (χ3n) is 2.68. The van der Waals surface area contributed by atoms with Crippen LogP contribution in [0.4, 0.5) is 0 Å². The fourth-order valence-corrected chi connectivity index (χ4v) is 3.09. The molecule has 0 aromatic carbocycles. The van der Waals surface area contributed by atoms with Gasteiger partial charge in [-0.05, 0) is 28.7 Å². The SMILES string of the molecule is COC(=O)C1COCCN1C(=O)c1csc(I)c1. The first kappa shape index (κ1) is 13.8. The van der Waals surface area contributed by atoms with E-state index in [0.29, 0.717) is 18.7 Å². The number of carbonyl (C=O) groups excluding carboxylic acids is 2.